The lowest BCUT2D eigenvalue weighted by Crippen LogP contribution is -2.14. The third kappa shape index (κ3) is 5.31. The molecule has 1 amide bonds. The summed E-state index contributed by atoms with van der Waals surface area (Å²) in [7, 11) is 0. The van der Waals surface area contributed by atoms with Crippen LogP contribution < -0.4 is 5.32 Å². The van der Waals surface area contributed by atoms with Gasteiger partial charge in [-0.2, -0.15) is 0 Å². The lowest BCUT2D eigenvalue weighted by Gasteiger charge is -2.00. The number of nitrogens with one attached hydrogen (secondary N) is 1. The first-order valence-electron chi connectivity index (χ1n) is 6.51. The van der Waals surface area contributed by atoms with Gasteiger partial charge < -0.3 is 10.4 Å². The van der Waals surface area contributed by atoms with Gasteiger partial charge in [0.15, 0.2) is 0 Å². The first-order valence-corrected chi connectivity index (χ1v) is 7.33. The normalized spacial score (nSPS) is 10.3. The van der Waals surface area contributed by atoms with E-state index in [0.717, 1.165) is 10.6 Å². The molecule has 2 aromatic rings. The Kier molecular flexibility index (Phi) is 5.39. The topological polar surface area (TPSA) is 92.2 Å². The van der Waals surface area contributed by atoms with E-state index in [-0.39, 0.29) is 18.7 Å². The van der Waals surface area contributed by atoms with Gasteiger partial charge in [0.05, 0.1) is 6.42 Å². The summed E-state index contributed by atoms with van der Waals surface area (Å²) in [6, 6.07) is 9.44. The lowest BCUT2D eigenvalue weighted by molar-refractivity contribution is -0.137. The molecule has 0 bridgehead atoms. The summed E-state index contributed by atoms with van der Waals surface area (Å²) in [6.07, 6.45) is 1.46. The van der Waals surface area contributed by atoms with E-state index in [1.165, 1.54) is 11.3 Å². The van der Waals surface area contributed by atoms with Crippen LogP contribution in [-0.4, -0.2) is 27.2 Å². The minimum absolute atomic E-state index is 0.106. The van der Waals surface area contributed by atoms with Gasteiger partial charge in [0, 0.05) is 12.8 Å². The van der Waals surface area contributed by atoms with Crippen molar-refractivity contribution < 1.29 is 14.7 Å². The molecular weight excluding hydrogens is 290 g/mol. The highest BCUT2D eigenvalue weighted by Crippen LogP contribution is 2.17. The highest BCUT2D eigenvalue weighted by molar-refractivity contribution is 7.15. The van der Waals surface area contributed by atoms with Crippen LogP contribution >= 0.6 is 11.3 Å². The molecule has 0 saturated heterocycles. The second-order valence-corrected chi connectivity index (χ2v) is 5.52. The molecule has 0 fully saturated rings. The second kappa shape index (κ2) is 7.49. The van der Waals surface area contributed by atoms with E-state index in [0.29, 0.717) is 18.0 Å². The van der Waals surface area contributed by atoms with Crippen LogP contribution in [0.5, 0.6) is 0 Å². The predicted molar refractivity (Wildman–Crippen MR) is 79.3 cm³/mol. The van der Waals surface area contributed by atoms with Crippen LogP contribution in [0.3, 0.4) is 0 Å². The smallest absolute Gasteiger partial charge is 0.303 e. The molecule has 0 saturated carbocycles. The van der Waals surface area contributed by atoms with Gasteiger partial charge >= 0.3 is 5.97 Å². The van der Waals surface area contributed by atoms with E-state index in [2.05, 4.69) is 15.5 Å². The maximum atomic E-state index is 11.8. The maximum Gasteiger partial charge on any atom is 0.303 e. The summed E-state index contributed by atoms with van der Waals surface area (Å²) in [4.78, 5) is 22.3. The number of carboxylic acid groups (broad SMARTS) is 1. The zero-order valence-electron chi connectivity index (χ0n) is 11.3. The fourth-order valence-electron chi connectivity index (χ4n) is 1.74. The van der Waals surface area contributed by atoms with Crippen molar-refractivity contribution in [3.63, 3.8) is 0 Å². The van der Waals surface area contributed by atoms with Crippen LogP contribution in [-0.2, 0) is 22.4 Å². The van der Waals surface area contributed by atoms with Crippen LogP contribution in [0.15, 0.2) is 30.3 Å². The summed E-state index contributed by atoms with van der Waals surface area (Å²) >= 11 is 1.28. The van der Waals surface area contributed by atoms with Gasteiger partial charge in [-0.25, -0.2) is 0 Å². The molecule has 0 unspecified atom stereocenters. The number of carboxylic acids is 1. The molecule has 2 N–H and O–H groups in total. The Morgan fingerprint density at radius 1 is 1.19 bits per heavy atom. The lowest BCUT2D eigenvalue weighted by atomic mass is 10.1. The van der Waals surface area contributed by atoms with Crippen molar-refractivity contribution in [1.82, 2.24) is 10.2 Å². The number of nitrogens with zero attached hydrogens (tertiary/aromatic N) is 2. The zero-order chi connectivity index (χ0) is 15.1. The third-order valence-corrected chi connectivity index (χ3v) is 3.60. The molecule has 0 radical (unpaired) electrons. The van der Waals surface area contributed by atoms with Crippen molar-refractivity contribution in [2.75, 3.05) is 5.32 Å². The summed E-state index contributed by atoms with van der Waals surface area (Å²) in [5, 5.41) is 20.3. The molecule has 110 valence electrons. The number of hydrogen-bond donors (Lipinski definition) is 2. The standard InChI is InChI=1S/C14H15N3O3S/c18-11(9-10-5-2-1-3-6-10)15-14-17-16-12(21-14)7-4-8-13(19)20/h1-3,5-6H,4,7-9H2,(H,19,20)(H,15,17,18). The Hall–Kier alpha value is -2.28. The Morgan fingerprint density at radius 3 is 2.67 bits per heavy atom. The van der Waals surface area contributed by atoms with E-state index < -0.39 is 5.97 Å². The van der Waals surface area contributed by atoms with E-state index in [1.54, 1.807) is 0 Å². The fraction of sp³-hybridized carbons (Fsp3) is 0.286. The van der Waals surface area contributed by atoms with Gasteiger partial charge in [-0.05, 0) is 12.0 Å². The van der Waals surface area contributed by atoms with Crippen LogP contribution in [0.4, 0.5) is 5.13 Å². The van der Waals surface area contributed by atoms with E-state index in [1.807, 2.05) is 30.3 Å². The minimum Gasteiger partial charge on any atom is -0.481 e. The predicted octanol–water partition coefficient (Wildman–Crippen LogP) is 2.13. The number of anilines is 1. The largest absolute Gasteiger partial charge is 0.481 e. The number of benzene rings is 1. The molecule has 0 aliphatic rings. The number of carbonyl (C=O) groups excluding carboxylic acids is 1. The first kappa shape index (κ1) is 15.1. The third-order valence-electron chi connectivity index (χ3n) is 2.70. The van der Waals surface area contributed by atoms with E-state index >= 15 is 0 Å². The molecule has 0 spiro atoms. The van der Waals surface area contributed by atoms with Crippen molar-refractivity contribution in [3.05, 3.63) is 40.9 Å². The van der Waals surface area contributed by atoms with Crippen LogP contribution in [0.1, 0.15) is 23.4 Å². The Balaban J connectivity index is 1.81. The molecular formula is C14H15N3O3S. The number of carbonyl (C=O) groups is 2. The SMILES string of the molecule is O=C(O)CCCc1nnc(NC(=O)Cc2ccccc2)s1. The number of aliphatic carboxylic acids is 1. The van der Waals surface area contributed by atoms with Crippen molar-refractivity contribution in [2.45, 2.75) is 25.7 Å². The maximum absolute atomic E-state index is 11.8. The van der Waals surface area contributed by atoms with Crippen LogP contribution in [0.25, 0.3) is 0 Å². The summed E-state index contributed by atoms with van der Waals surface area (Å²) in [5.41, 5.74) is 0.932. The van der Waals surface area contributed by atoms with E-state index in [4.69, 9.17) is 5.11 Å². The summed E-state index contributed by atoms with van der Waals surface area (Å²) < 4.78 is 0. The van der Waals surface area contributed by atoms with Gasteiger partial charge in [-0.3, -0.25) is 9.59 Å². The average Bonchev–Trinajstić information content (AvgIpc) is 2.86. The molecule has 7 heteroatoms. The van der Waals surface area contributed by atoms with Crippen LogP contribution in [0, 0.1) is 0 Å². The monoisotopic (exact) mass is 305 g/mol. The molecule has 6 nitrogen and oxygen atoms in total. The quantitative estimate of drug-likeness (QED) is 0.817. The molecule has 21 heavy (non-hydrogen) atoms. The Labute approximate surface area is 125 Å². The van der Waals surface area contributed by atoms with E-state index in [9.17, 15) is 9.59 Å². The second-order valence-electron chi connectivity index (χ2n) is 4.46. The number of aryl methyl sites for hydroxylation is 1. The molecule has 0 aliphatic heterocycles. The molecule has 1 aromatic heterocycles. The molecule has 1 heterocycles. The zero-order valence-corrected chi connectivity index (χ0v) is 12.1. The highest BCUT2D eigenvalue weighted by atomic mass is 32.1. The van der Waals surface area contributed by atoms with Gasteiger partial charge in [-0.15, -0.1) is 10.2 Å². The number of rotatable bonds is 7. The van der Waals surface area contributed by atoms with Gasteiger partial charge in [0.25, 0.3) is 0 Å². The number of amides is 1. The van der Waals surface area contributed by atoms with Crippen molar-refractivity contribution in [1.29, 1.82) is 0 Å². The van der Waals surface area contributed by atoms with Gasteiger partial charge in [0.1, 0.15) is 5.01 Å². The van der Waals surface area contributed by atoms with Crippen molar-refractivity contribution in [2.24, 2.45) is 0 Å². The number of aromatic nitrogens is 2. The highest BCUT2D eigenvalue weighted by Gasteiger charge is 2.09. The fourth-order valence-corrected chi connectivity index (χ4v) is 2.54. The van der Waals surface area contributed by atoms with Crippen LogP contribution in [0.2, 0.25) is 0 Å². The Morgan fingerprint density at radius 2 is 1.95 bits per heavy atom. The molecule has 0 aliphatic carbocycles. The van der Waals surface area contributed by atoms with Gasteiger partial charge in [-0.1, -0.05) is 41.7 Å². The van der Waals surface area contributed by atoms with Crippen molar-refractivity contribution >= 4 is 28.3 Å². The Bertz CT molecular complexity index is 613. The molecule has 1 aromatic carbocycles. The average molecular weight is 305 g/mol. The van der Waals surface area contributed by atoms with Gasteiger partial charge in [0.2, 0.25) is 11.0 Å². The summed E-state index contributed by atoms with van der Waals surface area (Å²) in [6.45, 7) is 0. The summed E-state index contributed by atoms with van der Waals surface area (Å²) in [5.74, 6) is -0.967. The van der Waals surface area contributed by atoms with Crippen molar-refractivity contribution in [3.8, 4) is 0 Å². The first-order chi connectivity index (χ1) is 10.1. The molecule has 2 rings (SSSR count). The minimum atomic E-state index is -0.823. The number of hydrogen-bond acceptors (Lipinski definition) is 5. The molecule has 0 atom stereocenters.